The molecule has 72 valence electrons. The minimum absolute atomic E-state index is 0.0555. The van der Waals surface area contributed by atoms with Crippen molar-refractivity contribution in [2.75, 3.05) is 0 Å². The van der Waals surface area contributed by atoms with Gasteiger partial charge < -0.3 is 0 Å². The monoisotopic (exact) mass is 180 g/mol. The fourth-order valence-corrected chi connectivity index (χ4v) is 1.43. The lowest BCUT2D eigenvalue weighted by atomic mass is 9.98. The molecule has 0 aliphatic carbocycles. The standard InChI is InChI=1S/C10H16N2O/c1-8(2)7-9(3)10(13)12-6-4-5-11-12/h4-6,8-9H,7H2,1-3H3/t9-/m1/s1. The molecule has 0 spiro atoms. The first kappa shape index (κ1) is 9.96. The second-order valence-electron chi connectivity index (χ2n) is 3.82. The molecule has 0 unspecified atom stereocenters. The summed E-state index contributed by atoms with van der Waals surface area (Å²) in [5, 5.41) is 3.91. The Hall–Kier alpha value is -1.12. The SMILES string of the molecule is CC(C)C[C@@H](C)C(=O)n1cccn1. The summed E-state index contributed by atoms with van der Waals surface area (Å²) in [7, 11) is 0. The maximum absolute atomic E-state index is 11.6. The van der Waals surface area contributed by atoms with Gasteiger partial charge >= 0.3 is 0 Å². The lowest BCUT2D eigenvalue weighted by Gasteiger charge is -2.11. The molecular formula is C10H16N2O. The Morgan fingerprint density at radius 3 is 2.62 bits per heavy atom. The van der Waals surface area contributed by atoms with E-state index in [9.17, 15) is 4.79 Å². The highest BCUT2D eigenvalue weighted by atomic mass is 16.2. The summed E-state index contributed by atoms with van der Waals surface area (Å²) in [5.41, 5.74) is 0. The predicted octanol–water partition coefficient (Wildman–Crippen LogP) is 2.21. The number of rotatable bonds is 3. The van der Waals surface area contributed by atoms with Gasteiger partial charge in [-0.05, 0) is 18.4 Å². The van der Waals surface area contributed by atoms with E-state index in [-0.39, 0.29) is 11.8 Å². The Labute approximate surface area is 78.8 Å². The van der Waals surface area contributed by atoms with Crippen LogP contribution in [0.15, 0.2) is 18.5 Å². The van der Waals surface area contributed by atoms with Crippen LogP contribution in [0.3, 0.4) is 0 Å². The van der Waals surface area contributed by atoms with Crippen LogP contribution in [0, 0.1) is 11.8 Å². The topological polar surface area (TPSA) is 34.9 Å². The molecule has 0 bridgehead atoms. The van der Waals surface area contributed by atoms with Crippen molar-refractivity contribution in [3.05, 3.63) is 18.5 Å². The molecule has 1 atom stereocenters. The van der Waals surface area contributed by atoms with Crippen molar-refractivity contribution in [3.8, 4) is 0 Å². The molecule has 3 nitrogen and oxygen atoms in total. The van der Waals surface area contributed by atoms with Gasteiger partial charge in [0.2, 0.25) is 5.91 Å². The number of carbonyl (C=O) groups is 1. The quantitative estimate of drug-likeness (QED) is 0.714. The molecule has 3 heteroatoms. The van der Waals surface area contributed by atoms with E-state index in [0.717, 1.165) is 6.42 Å². The predicted molar refractivity (Wildman–Crippen MR) is 51.5 cm³/mol. The molecule has 1 aromatic rings. The maximum atomic E-state index is 11.6. The summed E-state index contributed by atoms with van der Waals surface area (Å²) in [4.78, 5) is 11.6. The second kappa shape index (κ2) is 4.21. The van der Waals surface area contributed by atoms with Gasteiger partial charge in [-0.3, -0.25) is 4.79 Å². The second-order valence-corrected chi connectivity index (χ2v) is 3.82. The molecule has 1 heterocycles. The van der Waals surface area contributed by atoms with E-state index in [0.29, 0.717) is 5.92 Å². The van der Waals surface area contributed by atoms with Gasteiger partial charge in [-0.15, -0.1) is 0 Å². The third kappa shape index (κ3) is 2.68. The molecule has 0 saturated heterocycles. The van der Waals surface area contributed by atoms with Crippen LogP contribution in [-0.2, 0) is 0 Å². The molecule has 0 aliphatic rings. The Bertz CT molecular complexity index is 264. The van der Waals surface area contributed by atoms with Gasteiger partial charge in [-0.1, -0.05) is 20.8 Å². The molecular weight excluding hydrogens is 164 g/mol. The van der Waals surface area contributed by atoms with Gasteiger partial charge in [0, 0.05) is 18.3 Å². The molecule has 1 aromatic heterocycles. The van der Waals surface area contributed by atoms with E-state index in [1.165, 1.54) is 4.68 Å². The summed E-state index contributed by atoms with van der Waals surface area (Å²) >= 11 is 0. The highest BCUT2D eigenvalue weighted by molar-refractivity contribution is 5.79. The van der Waals surface area contributed by atoms with Crippen LogP contribution in [0.2, 0.25) is 0 Å². The van der Waals surface area contributed by atoms with Crippen LogP contribution >= 0.6 is 0 Å². The lowest BCUT2D eigenvalue weighted by Crippen LogP contribution is -2.21. The number of aromatic nitrogens is 2. The summed E-state index contributed by atoms with van der Waals surface area (Å²) in [6.07, 6.45) is 4.23. The minimum atomic E-state index is 0.0555. The Morgan fingerprint density at radius 2 is 2.15 bits per heavy atom. The summed E-state index contributed by atoms with van der Waals surface area (Å²) in [6, 6.07) is 1.76. The van der Waals surface area contributed by atoms with Gasteiger partial charge in [0.25, 0.3) is 0 Å². The third-order valence-corrected chi connectivity index (χ3v) is 1.98. The third-order valence-electron chi connectivity index (χ3n) is 1.98. The molecule has 0 aliphatic heterocycles. The molecule has 1 rings (SSSR count). The van der Waals surface area contributed by atoms with Crippen molar-refractivity contribution in [3.63, 3.8) is 0 Å². The van der Waals surface area contributed by atoms with E-state index in [4.69, 9.17) is 0 Å². The normalized spacial score (nSPS) is 13.2. The van der Waals surface area contributed by atoms with Crippen molar-refractivity contribution in [2.45, 2.75) is 27.2 Å². The number of carbonyl (C=O) groups excluding carboxylic acids is 1. The summed E-state index contributed by atoms with van der Waals surface area (Å²) < 4.78 is 1.41. The first-order valence-corrected chi connectivity index (χ1v) is 4.65. The van der Waals surface area contributed by atoms with Crippen LogP contribution in [0.4, 0.5) is 0 Å². The average molecular weight is 180 g/mol. The number of nitrogens with zero attached hydrogens (tertiary/aromatic N) is 2. The highest BCUT2D eigenvalue weighted by Crippen LogP contribution is 2.12. The van der Waals surface area contributed by atoms with E-state index in [1.54, 1.807) is 18.5 Å². The van der Waals surface area contributed by atoms with E-state index in [1.807, 2.05) is 6.92 Å². The van der Waals surface area contributed by atoms with Crippen LogP contribution in [0.1, 0.15) is 32.0 Å². The van der Waals surface area contributed by atoms with Crippen molar-refractivity contribution in [1.29, 1.82) is 0 Å². The van der Waals surface area contributed by atoms with Crippen molar-refractivity contribution < 1.29 is 4.79 Å². The summed E-state index contributed by atoms with van der Waals surface area (Å²) in [5.74, 6) is 0.688. The van der Waals surface area contributed by atoms with Gasteiger partial charge in [0.15, 0.2) is 0 Å². The average Bonchev–Trinajstić information content (AvgIpc) is 2.53. The molecule has 0 fully saturated rings. The van der Waals surface area contributed by atoms with Crippen LogP contribution < -0.4 is 0 Å². The molecule has 0 saturated carbocycles. The first-order chi connectivity index (χ1) is 6.11. The molecule has 0 aromatic carbocycles. The van der Waals surface area contributed by atoms with E-state index in [2.05, 4.69) is 18.9 Å². The van der Waals surface area contributed by atoms with Crippen LogP contribution in [0.5, 0.6) is 0 Å². The molecule has 0 amide bonds. The molecule has 13 heavy (non-hydrogen) atoms. The van der Waals surface area contributed by atoms with Crippen LogP contribution in [0.25, 0.3) is 0 Å². The van der Waals surface area contributed by atoms with E-state index < -0.39 is 0 Å². The molecule has 0 N–H and O–H groups in total. The van der Waals surface area contributed by atoms with Gasteiger partial charge in [-0.2, -0.15) is 5.10 Å². The highest BCUT2D eigenvalue weighted by Gasteiger charge is 2.15. The fraction of sp³-hybridized carbons (Fsp3) is 0.600. The Morgan fingerprint density at radius 1 is 1.46 bits per heavy atom. The van der Waals surface area contributed by atoms with Crippen LogP contribution in [-0.4, -0.2) is 15.7 Å². The fourth-order valence-electron chi connectivity index (χ4n) is 1.43. The number of hydrogen-bond donors (Lipinski definition) is 0. The lowest BCUT2D eigenvalue weighted by molar-refractivity contribution is 0.0812. The maximum Gasteiger partial charge on any atom is 0.249 e. The first-order valence-electron chi connectivity index (χ1n) is 4.65. The van der Waals surface area contributed by atoms with Crippen molar-refractivity contribution in [1.82, 2.24) is 9.78 Å². The molecule has 0 radical (unpaired) electrons. The Balaban J connectivity index is 2.58. The zero-order chi connectivity index (χ0) is 9.84. The number of hydrogen-bond acceptors (Lipinski definition) is 2. The van der Waals surface area contributed by atoms with Crippen molar-refractivity contribution in [2.24, 2.45) is 11.8 Å². The summed E-state index contributed by atoms with van der Waals surface area (Å²) in [6.45, 7) is 6.18. The Kier molecular flexibility index (Phi) is 3.23. The van der Waals surface area contributed by atoms with E-state index >= 15 is 0 Å². The van der Waals surface area contributed by atoms with Crippen molar-refractivity contribution >= 4 is 5.91 Å². The van der Waals surface area contributed by atoms with Gasteiger partial charge in [0.05, 0.1) is 0 Å². The largest absolute Gasteiger partial charge is 0.272 e. The zero-order valence-electron chi connectivity index (χ0n) is 8.40. The van der Waals surface area contributed by atoms with Gasteiger partial charge in [-0.25, -0.2) is 4.68 Å². The van der Waals surface area contributed by atoms with Gasteiger partial charge in [0.1, 0.15) is 0 Å². The smallest absolute Gasteiger partial charge is 0.249 e. The zero-order valence-corrected chi connectivity index (χ0v) is 8.40. The minimum Gasteiger partial charge on any atom is -0.272 e.